The third-order valence-electron chi connectivity index (χ3n) is 26.3. The Morgan fingerprint density at radius 3 is 0.709 bits per heavy atom. The molecule has 79 heavy (non-hydrogen) atoms. The fourth-order valence-corrected chi connectivity index (χ4v) is 19.9. The maximum Gasteiger partial charge on any atom is 0.309 e. The number of carbonyl (C=O) groups excluding carboxylic acids is 1. The molecular weight excluding hydrogens is 965 g/mol. The largest absolute Gasteiger partial charge is 0.462 e. The van der Waals surface area contributed by atoms with E-state index in [1.807, 2.05) is 0 Å². The van der Waals surface area contributed by atoms with Crippen molar-refractivity contribution in [2.75, 3.05) is 13.2 Å². The van der Waals surface area contributed by atoms with Crippen LogP contribution in [-0.4, -0.2) is 37.5 Å². The minimum atomic E-state index is 0. The quantitative estimate of drug-likeness (QED) is 0.172. The normalized spacial score (nSPS) is 44.6. The van der Waals surface area contributed by atoms with Crippen LogP contribution in [0.15, 0.2) is 0 Å². The van der Waals surface area contributed by atoms with Gasteiger partial charge in [-0.1, -0.05) is 106 Å². The molecule has 11 aliphatic rings. The van der Waals surface area contributed by atoms with Crippen LogP contribution in [0.4, 0.5) is 0 Å². The van der Waals surface area contributed by atoms with Gasteiger partial charge in [0.25, 0.3) is 0 Å². The summed E-state index contributed by atoms with van der Waals surface area (Å²) < 4.78 is 18.8. The van der Waals surface area contributed by atoms with Crippen molar-refractivity contribution in [2.45, 2.75) is 342 Å². The van der Waals surface area contributed by atoms with E-state index >= 15 is 0 Å². The first-order valence-corrected chi connectivity index (χ1v) is 36.9. The summed E-state index contributed by atoms with van der Waals surface area (Å²) >= 11 is 0. The molecule has 4 nitrogen and oxygen atoms in total. The van der Waals surface area contributed by atoms with E-state index in [4.69, 9.17) is 14.2 Å². The second-order valence-electron chi connectivity index (χ2n) is 32.3. The first kappa shape index (κ1) is 62.9. The van der Waals surface area contributed by atoms with Gasteiger partial charge in [-0.25, -0.2) is 0 Å². The van der Waals surface area contributed by atoms with E-state index in [9.17, 15) is 4.79 Å². The average molecular weight is 1120 g/mol. The van der Waals surface area contributed by atoms with Crippen molar-refractivity contribution in [3.63, 3.8) is 0 Å². The van der Waals surface area contributed by atoms with Crippen molar-refractivity contribution in [3.05, 3.63) is 0 Å². The van der Waals surface area contributed by atoms with Crippen LogP contribution in [0.2, 0.25) is 0 Å². The molecule has 0 aromatic heterocycles. The monoisotopic (exact) mass is 1120 g/mol. The molecule has 0 unspecified atom stereocenters. The first-order valence-electron chi connectivity index (χ1n) is 36.9. The predicted octanol–water partition coefficient (Wildman–Crippen LogP) is 24.5. The molecule has 478 valence electrons. The van der Waals surface area contributed by atoms with E-state index < -0.39 is 0 Å². The van der Waals surface area contributed by atoms with Crippen LogP contribution in [-0.2, 0) is 19.0 Å². The predicted molar refractivity (Wildman–Crippen MR) is 356 cm³/mol. The molecule has 0 radical (unpaired) electrons. The van der Waals surface area contributed by atoms with Crippen molar-refractivity contribution in [1.82, 2.24) is 0 Å². The Kier molecular flexibility index (Phi) is 26.1. The molecule has 0 aliphatic heterocycles. The lowest BCUT2D eigenvalue weighted by molar-refractivity contribution is -0.158. The molecule has 0 aromatic rings. The second-order valence-corrected chi connectivity index (χ2v) is 32.3. The summed E-state index contributed by atoms with van der Waals surface area (Å²) in [5.74, 6) is 17.9. The summed E-state index contributed by atoms with van der Waals surface area (Å²) in [6.45, 7) is 16.7. The molecule has 0 atom stereocenters. The van der Waals surface area contributed by atoms with Gasteiger partial charge < -0.3 is 14.2 Å². The Balaban J connectivity index is -0.00000120. The zero-order valence-corrected chi connectivity index (χ0v) is 53.4. The molecule has 0 aromatic carbocycles. The molecular formula is C75H154O4. The Bertz CT molecular complexity index is 1610. The fraction of sp³-hybridized carbons (Fsp3) is 0.987. The minimum absolute atomic E-state index is 0. The number of ether oxygens (including phenoxy) is 3. The maximum atomic E-state index is 12.8. The number of rotatable bonds is 13. The Morgan fingerprint density at radius 1 is 0.253 bits per heavy atom. The van der Waals surface area contributed by atoms with E-state index in [-0.39, 0.29) is 33.7 Å². The van der Waals surface area contributed by atoms with Crippen LogP contribution in [0, 0.1) is 112 Å². The van der Waals surface area contributed by atoms with Gasteiger partial charge in [-0.2, -0.15) is 0 Å². The average Bonchev–Trinajstić information content (AvgIpc) is 3.70. The maximum absolute atomic E-state index is 12.8. The summed E-state index contributed by atoms with van der Waals surface area (Å²) in [6, 6.07) is 0. The summed E-state index contributed by atoms with van der Waals surface area (Å²) in [7, 11) is 0. The van der Waals surface area contributed by atoms with Crippen LogP contribution in [0.25, 0.3) is 0 Å². The van der Waals surface area contributed by atoms with Gasteiger partial charge in [0.2, 0.25) is 0 Å². The molecule has 0 spiro atoms. The first-order chi connectivity index (χ1) is 38.5. The van der Waals surface area contributed by atoms with Gasteiger partial charge in [0.05, 0.1) is 18.1 Å². The number of esters is 1. The highest BCUT2D eigenvalue weighted by molar-refractivity contribution is 5.72. The van der Waals surface area contributed by atoms with Crippen LogP contribution < -0.4 is 0 Å². The second kappa shape index (κ2) is 32.8. The van der Waals surface area contributed by atoms with Gasteiger partial charge in [0.1, 0.15) is 6.10 Å². The lowest BCUT2D eigenvalue weighted by Gasteiger charge is -2.39. The Hall–Kier alpha value is -0.610. The van der Waals surface area contributed by atoms with E-state index in [2.05, 4.69) is 41.5 Å². The Labute approximate surface area is 507 Å². The Morgan fingerprint density at radius 2 is 0.443 bits per heavy atom. The molecule has 11 fully saturated rings. The highest BCUT2D eigenvalue weighted by atomic mass is 16.5. The lowest BCUT2D eigenvalue weighted by Crippen LogP contribution is -2.33. The molecule has 0 bridgehead atoms. The van der Waals surface area contributed by atoms with Gasteiger partial charge in [-0.3, -0.25) is 4.79 Å². The molecule has 0 saturated heterocycles. The van der Waals surface area contributed by atoms with E-state index in [1.165, 1.54) is 257 Å². The van der Waals surface area contributed by atoms with Crippen LogP contribution in [0.5, 0.6) is 0 Å². The van der Waals surface area contributed by atoms with E-state index in [1.54, 1.807) is 0 Å². The van der Waals surface area contributed by atoms with Gasteiger partial charge in [-0.15, -0.1) is 0 Å². The number of carbonyl (C=O) groups is 1. The standard InChI is InChI=1S/C27H46O2.C27H48O.C21H38O.11H2/c1-19-3-7-21(8-4-19)23-11-13-25(14-12-23)27(28)29-26-17-15-24(16-18-26)22-9-5-20(2)6-10-22;1-20-3-9-23(10-4-20)25-13-7-22(8-14-25)19-28-27-17-15-26(16-18-27)24-11-5-21(2)6-12-24;1-16-3-9-19(10-4-16)20-11-7-18(8-12-20)15-22-21-13-5-17(2)6-14-21;;;;;;;;;;;/h19-26H,3-18H2,1-2H3;20-27H,3-19H2,1-2H3;16-21H,3-15H2,1-2H3;11*1H. The molecule has 11 rings (SSSR count). The summed E-state index contributed by atoms with van der Waals surface area (Å²) in [5, 5.41) is 0. The zero-order valence-electron chi connectivity index (χ0n) is 53.4. The van der Waals surface area contributed by atoms with Crippen molar-refractivity contribution in [2.24, 2.45) is 112 Å². The third-order valence-corrected chi connectivity index (χ3v) is 26.3. The lowest BCUT2D eigenvalue weighted by atomic mass is 9.69. The molecule has 0 amide bonds. The van der Waals surface area contributed by atoms with Crippen molar-refractivity contribution < 1.29 is 34.7 Å². The van der Waals surface area contributed by atoms with E-state index in [0.717, 1.165) is 145 Å². The highest BCUT2D eigenvalue weighted by Gasteiger charge is 2.38. The van der Waals surface area contributed by atoms with Crippen LogP contribution in [0.3, 0.4) is 0 Å². The SMILES string of the molecule is CC1CCC(C2CCC(COC3CCC(C4CCC(C)CC4)CC3)CC2)CC1.CC1CCC(C2CCC(OC(=O)C3CCC(C4CCC(C)CC4)CC3)CC2)CC1.CC1CCC(OCC2CCC(C3CCC(C)CC3)CC2)CC1.[HH].[HH].[HH].[HH].[HH].[HH].[HH].[HH].[HH].[HH].[HH]. The van der Waals surface area contributed by atoms with Gasteiger partial charge in [0.15, 0.2) is 0 Å². The smallest absolute Gasteiger partial charge is 0.309 e. The van der Waals surface area contributed by atoms with Crippen molar-refractivity contribution in [1.29, 1.82) is 0 Å². The van der Waals surface area contributed by atoms with Crippen molar-refractivity contribution in [3.8, 4) is 0 Å². The molecule has 11 aliphatic carbocycles. The van der Waals surface area contributed by atoms with Gasteiger partial charge >= 0.3 is 5.97 Å². The summed E-state index contributed by atoms with van der Waals surface area (Å²) in [6.07, 6.45) is 63.3. The third kappa shape index (κ3) is 20.2. The zero-order chi connectivity index (χ0) is 54.9. The van der Waals surface area contributed by atoms with Gasteiger partial charge in [0, 0.05) is 28.9 Å². The molecule has 0 heterocycles. The topological polar surface area (TPSA) is 44.8 Å². The molecule has 0 N–H and O–H groups in total. The van der Waals surface area contributed by atoms with Crippen LogP contribution in [0.1, 0.15) is 340 Å². The number of hydrogen-bond acceptors (Lipinski definition) is 4. The number of hydrogen-bond donors (Lipinski definition) is 0. The van der Waals surface area contributed by atoms with Gasteiger partial charge in [-0.05, 0) is 325 Å². The minimum Gasteiger partial charge on any atom is -0.462 e. The molecule has 4 heteroatoms. The summed E-state index contributed by atoms with van der Waals surface area (Å²) in [5.41, 5.74) is 0. The summed E-state index contributed by atoms with van der Waals surface area (Å²) in [4.78, 5) is 12.8. The van der Waals surface area contributed by atoms with E-state index in [0.29, 0.717) is 12.2 Å². The molecule has 11 saturated carbocycles. The van der Waals surface area contributed by atoms with Crippen molar-refractivity contribution >= 4 is 5.97 Å². The van der Waals surface area contributed by atoms with Crippen LogP contribution >= 0.6 is 0 Å². The fourth-order valence-electron chi connectivity index (χ4n) is 19.9. The highest BCUT2D eigenvalue weighted by Crippen LogP contribution is 2.47.